The van der Waals surface area contributed by atoms with E-state index in [1.807, 2.05) is 11.3 Å². The van der Waals surface area contributed by atoms with Crippen LogP contribution in [0.4, 0.5) is 17.1 Å². The molecule has 0 saturated carbocycles. The predicted molar refractivity (Wildman–Crippen MR) is 264 cm³/mol. The first kappa shape index (κ1) is 34.9. The number of fused-ring (bicyclic) bond motifs is 11. The minimum atomic E-state index is 0.878. The molecule has 62 heavy (non-hydrogen) atoms. The highest BCUT2D eigenvalue weighted by Crippen LogP contribution is 2.47. The van der Waals surface area contributed by atoms with Gasteiger partial charge >= 0.3 is 0 Å². The van der Waals surface area contributed by atoms with Crippen LogP contribution in [0, 0.1) is 0 Å². The van der Waals surface area contributed by atoms with E-state index in [1.165, 1.54) is 58.5 Å². The molecule has 0 unspecified atom stereocenters. The Hall–Kier alpha value is -7.92. The van der Waals surface area contributed by atoms with Crippen molar-refractivity contribution in [2.75, 3.05) is 4.90 Å². The molecule has 13 rings (SSSR count). The molecule has 10 aromatic carbocycles. The Bertz CT molecular complexity index is 3830. The Morgan fingerprint density at radius 1 is 0.403 bits per heavy atom. The summed E-state index contributed by atoms with van der Waals surface area (Å²) in [5, 5.41) is 9.64. The summed E-state index contributed by atoms with van der Waals surface area (Å²) in [6.45, 7) is 0. The Morgan fingerprint density at radius 2 is 1.05 bits per heavy atom. The summed E-state index contributed by atoms with van der Waals surface area (Å²) in [7, 11) is 0. The Labute approximate surface area is 361 Å². The van der Waals surface area contributed by atoms with E-state index >= 15 is 0 Å². The molecule has 0 aliphatic heterocycles. The number of hydrogen-bond donors (Lipinski definition) is 0. The molecule has 0 atom stereocenters. The van der Waals surface area contributed by atoms with Gasteiger partial charge in [-0.1, -0.05) is 146 Å². The van der Waals surface area contributed by atoms with Gasteiger partial charge in [-0.15, -0.1) is 11.3 Å². The summed E-state index contributed by atoms with van der Waals surface area (Å²) in [4.78, 5) is 2.42. The van der Waals surface area contributed by atoms with Gasteiger partial charge in [0.05, 0.1) is 16.7 Å². The van der Waals surface area contributed by atoms with Crippen molar-refractivity contribution in [1.82, 2.24) is 4.57 Å². The number of hydrogen-bond acceptors (Lipinski definition) is 3. The largest absolute Gasteiger partial charge is 0.455 e. The second-order valence-corrected chi connectivity index (χ2v) is 17.1. The molecule has 0 amide bonds. The van der Waals surface area contributed by atoms with E-state index in [4.69, 9.17) is 4.42 Å². The zero-order valence-electron chi connectivity index (χ0n) is 33.5. The third-order valence-corrected chi connectivity index (χ3v) is 13.7. The molecule has 3 nitrogen and oxygen atoms in total. The monoisotopic (exact) mass is 808 g/mol. The smallest absolute Gasteiger partial charge is 0.143 e. The fraction of sp³-hybridized carbons (Fsp3) is 0. The summed E-state index contributed by atoms with van der Waals surface area (Å²) in [6.07, 6.45) is 0. The topological polar surface area (TPSA) is 21.3 Å². The molecule has 3 aromatic heterocycles. The molecule has 0 spiro atoms. The van der Waals surface area contributed by atoms with Gasteiger partial charge in [0.1, 0.15) is 11.2 Å². The van der Waals surface area contributed by atoms with Gasteiger partial charge in [0.25, 0.3) is 0 Å². The van der Waals surface area contributed by atoms with E-state index in [1.54, 1.807) is 0 Å². The molecule has 0 radical (unpaired) electrons. The predicted octanol–water partition coefficient (Wildman–Crippen LogP) is 17.0. The second-order valence-electron chi connectivity index (χ2n) is 16.0. The molecule has 4 heteroatoms. The highest BCUT2D eigenvalue weighted by atomic mass is 32.1. The molecular formula is C58H36N2OS. The van der Waals surface area contributed by atoms with Crippen molar-refractivity contribution < 1.29 is 4.42 Å². The normalized spacial score (nSPS) is 11.9. The fourth-order valence-corrected chi connectivity index (χ4v) is 10.9. The van der Waals surface area contributed by atoms with Crippen LogP contribution in [0.1, 0.15) is 0 Å². The van der Waals surface area contributed by atoms with Crippen molar-refractivity contribution in [2.45, 2.75) is 0 Å². The highest BCUT2D eigenvalue weighted by molar-refractivity contribution is 7.25. The standard InChI is InChI=1S/C58H36N2OS/c1-2-16-43-38(13-1)29-34-50-57-49(21-12-25-54(57)61-58(43)50)46-19-5-7-22-51(46)59(40-31-27-37(28-32-40)39-30-33-48-47-20-6-10-26-55(47)62-56(48)35-39)41-14-11-15-42(36-41)60-52-23-8-3-17-44(52)45-18-4-9-24-53(45)60/h1-36H. The molecular weight excluding hydrogens is 773 g/mol. The number of aromatic nitrogens is 1. The molecule has 0 fully saturated rings. The maximum Gasteiger partial charge on any atom is 0.143 e. The van der Waals surface area contributed by atoms with Gasteiger partial charge in [-0.05, 0) is 94.9 Å². The van der Waals surface area contributed by atoms with Crippen molar-refractivity contribution in [2.24, 2.45) is 0 Å². The summed E-state index contributed by atoms with van der Waals surface area (Å²) in [5.41, 5.74) is 13.1. The van der Waals surface area contributed by atoms with E-state index in [-0.39, 0.29) is 0 Å². The fourth-order valence-electron chi connectivity index (χ4n) is 9.78. The van der Waals surface area contributed by atoms with Gasteiger partial charge in [0.15, 0.2) is 0 Å². The van der Waals surface area contributed by atoms with Gasteiger partial charge in [0, 0.05) is 69.7 Å². The Balaban J connectivity index is 1.01. The highest BCUT2D eigenvalue weighted by Gasteiger charge is 2.22. The maximum atomic E-state index is 6.71. The molecule has 3 heterocycles. The van der Waals surface area contributed by atoms with E-state index in [2.05, 4.69) is 228 Å². The average molecular weight is 809 g/mol. The number of benzene rings is 10. The zero-order chi connectivity index (χ0) is 40.7. The zero-order valence-corrected chi connectivity index (χ0v) is 34.3. The number of rotatable bonds is 6. The molecule has 0 saturated heterocycles. The first-order valence-electron chi connectivity index (χ1n) is 21.1. The SMILES string of the molecule is c1cc(N(c2ccc(-c3ccc4c(c3)sc3ccccc34)cc2)c2ccccc2-c2cccc3oc4c5ccccc5ccc4c23)cc(-n2c3ccccc3c3ccccc32)c1. The van der Waals surface area contributed by atoms with Crippen LogP contribution in [0.25, 0.3) is 103 Å². The van der Waals surface area contributed by atoms with Gasteiger partial charge < -0.3 is 13.9 Å². The lowest BCUT2D eigenvalue weighted by Gasteiger charge is -2.29. The van der Waals surface area contributed by atoms with Crippen LogP contribution in [0.5, 0.6) is 0 Å². The number of anilines is 3. The molecule has 0 N–H and O–H groups in total. The molecule has 290 valence electrons. The number of para-hydroxylation sites is 3. The van der Waals surface area contributed by atoms with Crippen LogP contribution >= 0.6 is 11.3 Å². The van der Waals surface area contributed by atoms with Crippen molar-refractivity contribution in [3.05, 3.63) is 218 Å². The van der Waals surface area contributed by atoms with E-state index in [0.29, 0.717) is 0 Å². The third kappa shape index (κ3) is 5.37. The third-order valence-electron chi connectivity index (χ3n) is 12.6. The van der Waals surface area contributed by atoms with E-state index in [9.17, 15) is 0 Å². The second kappa shape index (κ2) is 13.8. The first-order valence-corrected chi connectivity index (χ1v) is 21.9. The summed E-state index contributed by atoms with van der Waals surface area (Å²) < 4.78 is 11.7. The van der Waals surface area contributed by atoms with Crippen LogP contribution in [-0.4, -0.2) is 4.57 Å². The van der Waals surface area contributed by atoms with E-state index in [0.717, 1.165) is 61.2 Å². The summed E-state index contributed by atoms with van der Waals surface area (Å²) in [5.74, 6) is 0. The van der Waals surface area contributed by atoms with Crippen LogP contribution in [0.3, 0.4) is 0 Å². The Morgan fingerprint density at radius 3 is 1.89 bits per heavy atom. The van der Waals surface area contributed by atoms with E-state index < -0.39 is 0 Å². The van der Waals surface area contributed by atoms with Gasteiger partial charge in [-0.2, -0.15) is 0 Å². The van der Waals surface area contributed by atoms with Crippen molar-refractivity contribution in [1.29, 1.82) is 0 Å². The van der Waals surface area contributed by atoms with Crippen LogP contribution in [0.15, 0.2) is 223 Å². The lowest BCUT2D eigenvalue weighted by atomic mass is 9.96. The molecule has 0 aliphatic rings. The maximum absolute atomic E-state index is 6.71. The number of furan rings is 1. The van der Waals surface area contributed by atoms with Crippen molar-refractivity contribution in [3.8, 4) is 27.9 Å². The summed E-state index contributed by atoms with van der Waals surface area (Å²) >= 11 is 1.86. The lowest BCUT2D eigenvalue weighted by molar-refractivity contribution is 0.673. The molecule has 13 aromatic rings. The number of nitrogens with zero attached hydrogens (tertiary/aromatic N) is 2. The van der Waals surface area contributed by atoms with Crippen LogP contribution in [-0.2, 0) is 0 Å². The number of thiophene rings is 1. The minimum Gasteiger partial charge on any atom is -0.455 e. The lowest BCUT2D eigenvalue weighted by Crippen LogP contribution is -2.12. The van der Waals surface area contributed by atoms with Crippen molar-refractivity contribution in [3.63, 3.8) is 0 Å². The summed E-state index contributed by atoms with van der Waals surface area (Å²) in [6, 6.07) is 79.2. The van der Waals surface area contributed by atoms with Crippen LogP contribution < -0.4 is 4.90 Å². The van der Waals surface area contributed by atoms with Gasteiger partial charge in [-0.25, -0.2) is 0 Å². The van der Waals surface area contributed by atoms with Gasteiger partial charge in [0.2, 0.25) is 0 Å². The molecule has 0 aliphatic carbocycles. The van der Waals surface area contributed by atoms with Crippen molar-refractivity contribution >= 4 is 103 Å². The molecule has 0 bridgehead atoms. The van der Waals surface area contributed by atoms with Crippen LogP contribution in [0.2, 0.25) is 0 Å². The Kier molecular flexibility index (Phi) is 7.78. The van der Waals surface area contributed by atoms with Gasteiger partial charge in [-0.3, -0.25) is 0 Å². The average Bonchev–Trinajstić information content (AvgIpc) is 4.02. The minimum absolute atomic E-state index is 0.878. The first-order chi connectivity index (χ1) is 30.7. The quantitative estimate of drug-likeness (QED) is 0.167.